The van der Waals surface area contributed by atoms with E-state index in [4.69, 9.17) is 0 Å². The van der Waals surface area contributed by atoms with Gasteiger partial charge in [-0.2, -0.15) is 8.42 Å². The van der Waals surface area contributed by atoms with Gasteiger partial charge in [0.15, 0.2) is 5.75 Å². The largest absolute Gasteiger partial charge is 0.465 e. The van der Waals surface area contributed by atoms with Gasteiger partial charge in [-0.05, 0) is 6.07 Å². The number of nitro groups is 1. The molecule has 10 heteroatoms. The number of methoxy groups -OCH3 is 1. The molecule has 1 aromatic carbocycles. The number of benzene rings is 1. The average molecular weight is 298 g/mol. The van der Waals surface area contributed by atoms with Crippen LogP contribution in [0.25, 0.3) is 0 Å². The van der Waals surface area contributed by atoms with Crippen LogP contribution >= 0.6 is 0 Å². The van der Waals surface area contributed by atoms with Crippen molar-refractivity contribution in [2.45, 2.75) is 0 Å². The molecular formula is C9H9NNaO7S. The maximum absolute atomic E-state index is 11.3. The Morgan fingerprint density at radius 2 is 1.95 bits per heavy atom. The molecule has 0 N–H and O–H groups in total. The van der Waals surface area contributed by atoms with Crippen molar-refractivity contribution in [1.82, 2.24) is 0 Å². The van der Waals surface area contributed by atoms with Gasteiger partial charge in [0.25, 0.3) is 5.69 Å². The number of ether oxygens (including phenoxy) is 1. The van der Waals surface area contributed by atoms with Gasteiger partial charge in [-0.25, -0.2) is 4.79 Å². The molecule has 0 aliphatic rings. The van der Waals surface area contributed by atoms with Crippen LogP contribution in [-0.2, 0) is 14.9 Å². The van der Waals surface area contributed by atoms with Crippen LogP contribution in [-0.4, -0.2) is 62.2 Å². The molecule has 0 atom stereocenters. The molecule has 0 aliphatic carbocycles. The normalized spacial score (nSPS) is 10.2. The maximum Gasteiger partial charge on any atom is 0.341 e. The molecule has 0 bridgehead atoms. The summed E-state index contributed by atoms with van der Waals surface area (Å²) in [6, 6.07) is 2.94. The van der Waals surface area contributed by atoms with E-state index in [1.165, 1.54) is 0 Å². The van der Waals surface area contributed by atoms with Crippen LogP contribution in [0.2, 0.25) is 0 Å². The van der Waals surface area contributed by atoms with Crippen LogP contribution in [0.5, 0.6) is 5.75 Å². The Morgan fingerprint density at radius 1 is 1.37 bits per heavy atom. The molecule has 99 valence electrons. The van der Waals surface area contributed by atoms with Crippen molar-refractivity contribution in [2.24, 2.45) is 0 Å². The van der Waals surface area contributed by atoms with Gasteiger partial charge in [-0.1, -0.05) is 0 Å². The Kier molecular flexibility index (Phi) is 6.43. The minimum Gasteiger partial charge on any atom is -0.465 e. The summed E-state index contributed by atoms with van der Waals surface area (Å²) in [5.74, 6) is -1.30. The van der Waals surface area contributed by atoms with Gasteiger partial charge in [0.05, 0.1) is 24.4 Å². The number of hydrogen-bond donors (Lipinski definition) is 0. The van der Waals surface area contributed by atoms with Gasteiger partial charge in [-0.15, -0.1) is 0 Å². The van der Waals surface area contributed by atoms with E-state index in [0.717, 1.165) is 31.6 Å². The second kappa shape index (κ2) is 6.85. The predicted octanol–water partition coefficient (Wildman–Crippen LogP) is 0.339. The molecule has 0 heterocycles. The average Bonchev–Trinajstić information content (AvgIpc) is 2.25. The van der Waals surface area contributed by atoms with Crippen molar-refractivity contribution in [2.75, 3.05) is 13.4 Å². The molecule has 0 saturated heterocycles. The first-order valence-corrected chi connectivity index (χ1v) is 6.32. The smallest absolute Gasteiger partial charge is 0.341 e. The van der Waals surface area contributed by atoms with Crippen molar-refractivity contribution in [3.63, 3.8) is 0 Å². The Labute approximate surface area is 131 Å². The van der Waals surface area contributed by atoms with E-state index >= 15 is 0 Å². The first-order chi connectivity index (χ1) is 8.24. The maximum atomic E-state index is 11.3. The minimum absolute atomic E-state index is 0. The van der Waals surface area contributed by atoms with E-state index in [1.807, 2.05) is 0 Å². The van der Waals surface area contributed by atoms with Gasteiger partial charge < -0.3 is 8.92 Å². The van der Waals surface area contributed by atoms with E-state index in [9.17, 15) is 23.3 Å². The number of esters is 1. The fraction of sp³-hybridized carbons (Fsp3) is 0.222. The number of carbonyl (C=O) groups is 1. The van der Waals surface area contributed by atoms with Crippen LogP contribution < -0.4 is 4.18 Å². The summed E-state index contributed by atoms with van der Waals surface area (Å²) in [4.78, 5) is 21.1. The molecule has 0 aliphatic heterocycles. The van der Waals surface area contributed by atoms with E-state index in [1.54, 1.807) is 0 Å². The molecule has 0 spiro atoms. The summed E-state index contributed by atoms with van der Waals surface area (Å²) < 4.78 is 30.9. The third-order valence-electron chi connectivity index (χ3n) is 1.82. The second-order valence-corrected chi connectivity index (χ2v) is 4.79. The summed E-state index contributed by atoms with van der Waals surface area (Å²) in [5.41, 5.74) is -0.616. The quantitative estimate of drug-likeness (QED) is 0.259. The zero-order valence-corrected chi connectivity index (χ0v) is 13.3. The van der Waals surface area contributed by atoms with E-state index < -0.39 is 32.4 Å². The number of rotatable bonds is 4. The molecule has 0 aromatic heterocycles. The fourth-order valence-electron chi connectivity index (χ4n) is 1.14. The molecule has 19 heavy (non-hydrogen) atoms. The minimum atomic E-state index is -3.91. The molecule has 1 radical (unpaired) electrons. The van der Waals surface area contributed by atoms with Gasteiger partial charge in [0.1, 0.15) is 5.56 Å². The Bertz CT molecular complexity index is 599. The Morgan fingerprint density at radius 3 is 2.37 bits per heavy atom. The van der Waals surface area contributed by atoms with Gasteiger partial charge in [0, 0.05) is 35.6 Å². The van der Waals surface area contributed by atoms with Crippen molar-refractivity contribution in [1.29, 1.82) is 0 Å². The standard InChI is InChI=1S/C9H9NO7S.Na/c1-16-9(11)7-4-3-6(10(12)13)5-8(7)17-18(2,14)15;/h3-5H,1-2H3;. The molecule has 1 aromatic rings. The van der Waals surface area contributed by atoms with Crippen LogP contribution in [0.15, 0.2) is 18.2 Å². The molecule has 0 saturated carbocycles. The third kappa shape index (κ3) is 5.15. The van der Waals surface area contributed by atoms with Crippen LogP contribution in [0.4, 0.5) is 5.69 Å². The molecule has 1 rings (SSSR count). The van der Waals surface area contributed by atoms with Crippen molar-refractivity contribution < 1.29 is 27.1 Å². The molecular weight excluding hydrogens is 289 g/mol. The second-order valence-electron chi connectivity index (χ2n) is 3.22. The van der Waals surface area contributed by atoms with Crippen LogP contribution in [0, 0.1) is 10.1 Å². The summed E-state index contributed by atoms with van der Waals surface area (Å²) in [5, 5.41) is 10.6. The van der Waals surface area contributed by atoms with Crippen molar-refractivity contribution >= 4 is 51.3 Å². The molecule has 0 fully saturated rings. The number of nitrogens with zero attached hydrogens (tertiary/aromatic N) is 1. The molecule has 0 amide bonds. The number of carbonyl (C=O) groups excluding carboxylic acids is 1. The van der Waals surface area contributed by atoms with Gasteiger partial charge in [-0.3, -0.25) is 10.1 Å². The SMILES string of the molecule is COC(=O)c1ccc([N+](=O)[O-])cc1OS(C)(=O)=O.[Na]. The van der Waals surface area contributed by atoms with Crippen LogP contribution in [0.1, 0.15) is 10.4 Å². The third-order valence-corrected chi connectivity index (χ3v) is 2.30. The van der Waals surface area contributed by atoms with E-state index in [2.05, 4.69) is 8.92 Å². The summed E-state index contributed by atoms with van der Waals surface area (Å²) in [6.07, 6.45) is 0.757. The monoisotopic (exact) mass is 298 g/mol. The van der Waals surface area contributed by atoms with Crippen LogP contribution in [0.3, 0.4) is 0 Å². The van der Waals surface area contributed by atoms with Crippen molar-refractivity contribution in [3.05, 3.63) is 33.9 Å². The first kappa shape index (κ1) is 17.8. The van der Waals surface area contributed by atoms with E-state index in [-0.39, 0.29) is 35.1 Å². The zero-order valence-electron chi connectivity index (χ0n) is 10.4. The molecule has 8 nitrogen and oxygen atoms in total. The fourth-order valence-corrected chi connectivity index (χ4v) is 1.60. The van der Waals surface area contributed by atoms with Gasteiger partial charge >= 0.3 is 16.1 Å². The summed E-state index contributed by atoms with van der Waals surface area (Å²) in [7, 11) is -2.82. The van der Waals surface area contributed by atoms with Crippen molar-refractivity contribution in [3.8, 4) is 5.75 Å². The number of nitro benzene ring substituents is 1. The summed E-state index contributed by atoms with van der Waals surface area (Å²) >= 11 is 0. The van der Waals surface area contributed by atoms with Gasteiger partial charge in [0.2, 0.25) is 0 Å². The summed E-state index contributed by atoms with van der Waals surface area (Å²) in [6.45, 7) is 0. The Hall–Kier alpha value is -1.16. The topological polar surface area (TPSA) is 113 Å². The first-order valence-electron chi connectivity index (χ1n) is 4.51. The predicted molar refractivity (Wildman–Crippen MR) is 65.7 cm³/mol. The Balaban J connectivity index is 0.00000324. The number of non-ortho nitro benzene ring substituents is 1. The zero-order chi connectivity index (χ0) is 13.9. The number of hydrogen-bond acceptors (Lipinski definition) is 7. The molecule has 0 unspecified atom stereocenters. The van der Waals surface area contributed by atoms with E-state index in [0.29, 0.717) is 0 Å².